The number of rotatable bonds is 4. The molecule has 0 aliphatic heterocycles. The predicted octanol–water partition coefficient (Wildman–Crippen LogP) is 2.75. The van der Waals surface area contributed by atoms with Gasteiger partial charge in [0.1, 0.15) is 0 Å². The predicted molar refractivity (Wildman–Crippen MR) is 63.6 cm³/mol. The van der Waals surface area contributed by atoms with E-state index in [1.54, 1.807) is 12.3 Å². The maximum atomic E-state index is 12.3. The van der Waals surface area contributed by atoms with Crippen LogP contribution in [0.5, 0.6) is 0 Å². The molecule has 16 heavy (non-hydrogen) atoms. The second kappa shape index (κ2) is 4.83. The molecule has 0 aromatic carbocycles. The van der Waals surface area contributed by atoms with Gasteiger partial charge in [0.25, 0.3) is 5.91 Å². The van der Waals surface area contributed by atoms with Crippen LogP contribution in [0, 0.1) is 0 Å². The number of carbonyl (C=O) groups is 1. The summed E-state index contributed by atoms with van der Waals surface area (Å²) in [4.78, 5) is 18.1. The number of aromatic nitrogens is 1. The molecule has 1 fully saturated rings. The monoisotopic (exact) mass is 238 g/mol. The first kappa shape index (κ1) is 11.4. The molecular formula is C12H15ClN2O. The molecule has 1 aromatic heterocycles. The maximum Gasteiger partial charge on any atom is 0.255 e. The van der Waals surface area contributed by atoms with Gasteiger partial charge < -0.3 is 4.90 Å². The number of hydrogen-bond acceptors (Lipinski definition) is 2. The molecule has 0 radical (unpaired) electrons. The number of hydrogen-bond donors (Lipinski definition) is 0. The zero-order valence-electron chi connectivity index (χ0n) is 9.32. The van der Waals surface area contributed by atoms with Crippen molar-refractivity contribution in [3.8, 4) is 0 Å². The van der Waals surface area contributed by atoms with Gasteiger partial charge in [-0.25, -0.2) is 0 Å². The standard InChI is InChI=1S/C12H15ClN2O/c1-2-7-15(9-3-4-9)12(16)10-5-6-14-8-11(10)13/h5-6,8-9H,2-4,7H2,1H3. The lowest BCUT2D eigenvalue weighted by molar-refractivity contribution is 0.0743. The second-order valence-corrected chi connectivity index (χ2v) is 4.49. The van der Waals surface area contributed by atoms with Gasteiger partial charge >= 0.3 is 0 Å². The Morgan fingerprint density at radius 3 is 2.94 bits per heavy atom. The highest BCUT2D eigenvalue weighted by Gasteiger charge is 2.32. The van der Waals surface area contributed by atoms with E-state index < -0.39 is 0 Å². The molecule has 0 saturated heterocycles. The Bertz CT molecular complexity index is 390. The number of nitrogens with zero attached hydrogens (tertiary/aromatic N) is 2. The van der Waals surface area contributed by atoms with Crippen molar-refractivity contribution >= 4 is 17.5 Å². The third kappa shape index (κ3) is 2.35. The van der Waals surface area contributed by atoms with E-state index in [1.165, 1.54) is 6.20 Å². The third-order valence-corrected chi connectivity index (χ3v) is 3.02. The normalized spacial score (nSPS) is 14.9. The Morgan fingerprint density at radius 1 is 1.62 bits per heavy atom. The van der Waals surface area contributed by atoms with E-state index in [-0.39, 0.29) is 5.91 Å². The Morgan fingerprint density at radius 2 is 2.38 bits per heavy atom. The summed E-state index contributed by atoms with van der Waals surface area (Å²) in [5.41, 5.74) is 0.567. The highest BCUT2D eigenvalue weighted by Crippen LogP contribution is 2.29. The highest BCUT2D eigenvalue weighted by molar-refractivity contribution is 6.33. The molecule has 0 bridgehead atoms. The Hall–Kier alpha value is -1.09. The zero-order chi connectivity index (χ0) is 11.5. The van der Waals surface area contributed by atoms with Crippen LogP contribution in [-0.2, 0) is 0 Å². The van der Waals surface area contributed by atoms with Gasteiger partial charge in [-0.2, -0.15) is 0 Å². The summed E-state index contributed by atoms with van der Waals surface area (Å²) in [6.45, 7) is 2.89. The molecule has 1 amide bonds. The summed E-state index contributed by atoms with van der Waals surface area (Å²) >= 11 is 5.98. The number of halogens is 1. The average molecular weight is 239 g/mol. The van der Waals surface area contributed by atoms with E-state index in [0.29, 0.717) is 16.6 Å². The van der Waals surface area contributed by atoms with Crippen molar-refractivity contribution in [2.24, 2.45) is 0 Å². The van der Waals surface area contributed by atoms with Crippen LogP contribution in [0.1, 0.15) is 36.5 Å². The van der Waals surface area contributed by atoms with E-state index >= 15 is 0 Å². The van der Waals surface area contributed by atoms with Gasteiger partial charge in [0.15, 0.2) is 0 Å². The molecule has 3 nitrogen and oxygen atoms in total. The van der Waals surface area contributed by atoms with E-state index in [1.807, 2.05) is 4.90 Å². The molecule has 0 atom stereocenters. The van der Waals surface area contributed by atoms with Crippen LogP contribution in [0.3, 0.4) is 0 Å². The zero-order valence-corrected chi connectivity index (χ0v) is 10.1. The fraction of sp³-hybridized carbons (Fsp3) is 0.500. The summed E-state index contributed by atoms with van der Waals surface area (Å²) < 4.78 is 0. The summed E-state index contributed by atoms with van der Waals surface area (Å²) in [6, 6.07) is 2.12. The van der Waals surface area contributed by atoms with E-state index in [2.05, 4.69) is 11.9 Å². The third-order valence-electron chi connectivity index (χ3n) is 2.72. The average Bonchev–Trinajstić information content (AvgIpc) is 3.09. The van der Waals surface area contributed by atoms with Crippen molar-refractivity contribution < 1.29 is 4.79 Å². The van der Waals surface area contributed by atoms with E-state index in [9.17, 15) is 4.79 Å². The minimum atomic E-state index is 0.0387. The van der Waals surface area contributed by atoms with Crippen molar-refractivity contribution in [2.75, 3.05) is 6.54 Å². The van der Waals surface area contributed by atoms with Gasteiger partial charge in [0.2, 0.25) is 0 Å². The minimum absolute atomic E-state index is 0.0387. The number of pyridine rings is 1. The van der Waals surface area contributed by atoms with Gasteiger partial charge in [-0.1, -0.05) is 18.5 Å². The lowest BCUT2D eigenvalue weighted by Gasteiger charge is -2.22. The van der Waals surface area contributed by atoms with Crippen LogP contribution in [-0.4, -0.2) is 28.4 Å². The molecule has 1 aliphatic rings. The quantitative estimate of drug-likeness (QED) is 0.808. The second-order valence-electron chi connectivity index (χ2n) is 4.09. The molecule has 1 aromatic rings. The molecule has 2 rings (SSSR count). The van der Waals surface area contributed by atoms with Crippen molar-refractivity contribution in [1.29, 1.82) is 0 Å². The SMILES string of the molecule is CCCN(C(=O)c1ccncc1Cl)C1CC1. The number of amides is 1. The van der Waals surface area contributed by atoms with Gasteiger partial charge in [-0.05, 0) is 25.3 Å². The fourth-order valence-corrected chi connectivity index (χ4v) is 1.98. The van der Waals surface area contributed by atoms with Crippen LogP contribution < -0.4 is 0 Å². The van der Waals surface area contributed by atoms with Crippen molar-refractivity contribution in [2.45, 2.75) is 32.2 Å². The summed E-state index contributed by atoms with van der Waals surface area (Å²) in [5, 5.41) is 0.439. The van der Waals surface area contributed by atoms with Crippen LogP contribution in [0.2, 0.25) is 5.02 Å². The molecule has 1 heterocycles. The molecule has 1 saturated carbocycles. The molecule has 86 valence electrons. The number of carbonyl (C=O) groups excluding carboxylic acids is 1. The first-order valence-electron chi connectivity index (χ1n) is 5.64. The molecule has 0 unspecified atom stereocenters. The lowest BCUT2D eigenvalue weighted by Crippen LogP contribution is -2.33. The van der Waals surface area contributed by atoms with Crippen LogP contribution in [0.25, 0.3) is 0 Å². The Labute approximate surface area is 100 Å². The maximum absolute atomic E-state index is 12.3. The summed E-state index contributed by atoms with van der Waals surface area (Å²) in [5.74, 6) is 0.0387. The van der Waals surface area contributed by atoms with Gasteiger partial charge in [0.05, 0.1) is 10.6 Å². The topological polar surface area (TPSA) is 33.2 Å². The smallest absolute Gasteiger partial charge is 0.255 e. The highest BCUT2D eigenvalue weighted by atomic mass is 35.5. The van der Waals surface area contributed by atoms with Crippen LogP contribution >= 0.6 is 11.6 Å². The van der Waals surface area contributed by atoms with Crippen molar-refractivity contribution in [3.63, 3.8) is 0 Å². The largest absolute Gasteiger partial charge is 0.336 e. The summed E-state index contributed by atoms with van der Waals surface area (Å²) in [6.07, 6.45) is 6.34. The van der Waals surface area contributed by atoms with E-state index in [4.69, 9.17) is 11.6 Å². The molecule has 1 aliphatic carbocycles. The molecular weight excluding hydrogens is 224 g/mol. The van der Waals surface area contributed by atoms with Gasteiger partial charge in [0, 0.05) is 25.0 Å². The van der Waals surface area contributed by atoms with Gasteiger partial charge in [-0.3, -0.25) is 9.78 Å². The van der Waals surface area contributed by atoms with Crippen LogP contribution in [0.15, 0.2) is 18.5 Å². The molecule has 4 heteroatoms. The molecule has 0 N–H and O–H groups in total. The fourth-order valence-electron chi connectivity index (χ4n) is 1.78. The first-order valence-corrected chi connectivity index (χ1v) is 6.02. The Balaban J connectivity index is 2.19. The molecule has 0 spiro atoms. The summed E-state index contributed by atoms with van der Waals surface area (Å²) in [7, 11) is 0. The lowest BCUT2D eigenvalue weighted by atomic mass is 10.2. The van der Waals surface area contributed by atoms with E-state index in [0.717, 1.165) is 25.8 Å². The Kier molecular flexibility index (Phi) is 3.44. The van der Waals surface area contributed by atoms with Crippen LogP contribution in [0.4, 0.5) is 0 Å². The van der Waals surface area contributed by atoms with Crippen molar-refractivity contribution in [1.82, 2.24) is 9.88 Å². The van der Waals surface area contributed by atoms with Gasteiger partial charge in [-0.15, -0.1) is 0 Å². The van der Waals surface area contributed by atoms with Crippen molar-refractivity contribution in [3.05, 3.63) is 29.0 Å². The first-order chi connectivity index (χ1) is 7.74. The minimum Gasteiger partial charge on any atom is -0.336 e.